The molecule has 0 radical (unpaired) electrons. The largest absolute Gasteiger partial charge is 0.439 e. The quantitative estimate of drug-likeness (QED) is 0.0474. The Hall–Kier alpha value is -3.01. The molecule has 0 aliphatic carbocycles. The van der Waals surface area contributed by atoms with Gasteiger partial charge in [0.15, 0.2) is 12.3 Å². The van der Waals surface area contributed by atoms with Crippen molar-refractivity contribution in [3.8, 4) is 5.75 Å². The normalized spacial score (nSPS) is 13.5. The number of unbranched alkanes of at least 4 members (excludes halogenated alkanes) is 26. The lowest BCUT2D eigenvalue weighted by Crippen LogP contribution is -2.35. The van der Waals surface area contributed by atoms with Crippen molar-refractivity contribution in [3.63, 3.8) is 0 Å². The minimum Gasteiger partial charge on any atom is -0.439 e. The van der Waals surface area contributed by atoms with E-state index in [0.29, 0.717) is 0 Å². The average Bonchev–Trinajstić information content (AvgIpc) is 3.72. The molecular formula is C49H77N2O2+. The van der Waals surface area contributed by atoms with Gasteiger partial charge in [0.2, 0.25) is 11.5 Å². The Labute approximate surface area is 325 Å². The summed E-state index contributed by atoms with van der Waals surface area (Å²) in [7, 11) is 0. The molecule has 4 heteroatoms. The van der Waals surface area contributed by atoms with Crippen LogP contribution in [0.5, 0.6) is 5.75 Å². The van der Waals surface area contributed by atoms with Gasteiger partial charge in [-0.25, -0.2) is 0 Å². The van der Waals surface area contributed by atoms with Crippen LogP contribution in [0.25, 0.3) is 17.2 Å². The fourth-order valence-electron chi connectivity index (χ4n) is 7.96. The van der Waals surface area contributed by atoms with Crippen LogP contribution in [-0.2, 0) is 6.54 Å². The Bertz CT molecular complexity index is 1420. The molecule has 4 nitrogen and oxygen atoms in total. The summed E-state index contributed by atoms with van der Waals surface area (Å²) >= 11 is 0. The predicted molar refractivity (Wildman–Crippen MR) is 229 cm³/mol. The first-order chi connectivity index (χ1) is 26.3. The third-order valence-corrected chi connectivity index (χ3v) is 11.2. The van der Waals surface area contributed by atoms with Crippen molar-refractivity contribution in [3.05, 3.63) is 72.5 Å². The fraction of sp³-hybridized carbons (Fsp3) is 0.653. The number of nitrogens with zero attached hydrogens (tertiary/aromatic N) is 2. The van der Waals surface area contributed by atoms with Crippen LogP contribution >= 0.6 is 0 Å². The van der Waals surface area contributed by atoms with Crippen molar-refractivity contribution in [2.75, 3.05) is 11.4 Å². The van der Waals surface area contributed by atoms with Crippen LogP contribution in [0.3, 0.4) is 0 Å². The van der Waals surface area contributed by atoms with Gasteiger partial charge in [-0.15, -0.1) is 0 Å². The third-order valence-electron chi connectivity index (χ3n) is 11.2. The van der Waals surface area contributed by atoms with Crippen LogP contribution < -0.4 is 14.2 Å². The maximum absolute atomic E-state index is 6.37. The van der Waals surface area contributed by atoms with Gasteiger partial charge in [0.05, 0.1) is 11.8 Å². The van der Waals surface area contributed by atoms with Gasteiger partial charge in [0.25, 0.3) is 5.52 Å². The van der Waals surface area contributed by atoms with Crippen molar-refractivity contribution >= 4 is 22.9 Å². The van der Waals surface area contributed by atoms with E-state index in [0.717, 1.165) is 36.2 Å². The zero-order valence-electron chi connectivity index (χ0n) is 34.3. The van der Waals surface area contributed by atoms with Crippen molar-refractivity contribution in [2.45, 2.75) is 200 Å². The summed E-state index contributed by atoms with van der Waals surface area (Å²) < 4.78 is 15.1. The van der Waals surface area contributed by atoms with E-state index >= 15 is 0 Å². The van der Waals surface area contributed by atoms with E-state index in [1.807, 2.05) is 0 Å². The maximum atomic E-state index is 6.37. The van der Waals surface area contributed by atoms with Crippen molar-refractivity contribution in [1.82, 2.24) is 0 Å². The van der Waals surface area contributed by atoms with Crippen LogP contribution in [0.2, 0.25) is 0 Å². The van der Waals surface area contributed by atoms with Gasteiger partial charge >= 0.3 is 5.89 Å². The molecule has 1 aliphatic heterocycles. The zero-order chi connectivity index (χ0) is 37.0. The van der Waals surface area contributed by atoms with Crippen LogP contribution in [0.1, 0.15) is 200 Å². The topological polar surface area (TPSA) is 29.5 Å². The van der Waals surface area contributed by atoms with E-state index in [2.05, 4.69) is 90.1 Å². The molecule has 4 rings (SSSR count). The summed E-state index contributed by atoms with van der Waals surface area (Å²) in [5, 5.41) is 0. The molecule has 294 valence electrons. The molecule has 0 N–H and O–H groups in total. The molecule has 0 amide bonds. The number of hydrogen-bond acceptors (Lipinski definition) is 3. The Morgan fingerprint density at radius 2 is 1.00 bits per heavy atom. The van der Waals surface area contributed by atoms with E-state index in [-0.39, 0.29) is 0 Å². The molecule has 2 aromatic carbocycles. The Balaban J connectivity index is 1.17. The number of ether oxygens (including phenoxy) is 1. The Kier molecular flexibility index (Phi) is 22.2. The van der Waals surface area contributed by atoms with Gasteiger partial charge in [-0.05, 0) is 43.2 Å². The van der Waals surface area contributed by atoms with Gasteiger partial charge in [-0.3, -0.25) is 0 Å². The molecule has 0 saturated heterocycles. The molecule has 3 aromatic rings. The van der Waals surface area contributed by atoms with E-state index in [4.69, 9.17) is 9.15 Å². The summed E-state index contributed by atoms with van der Waals surface area (Å²) in [4.78, 5) is 2.36. The molecule has 0 bridgehead atoms. The first kappa shape index (κ1) is 42.7. The van der Waals surface area contributed by atoms with Crippen LogP contribution in [0.15, 0.2) is 71.0 Å². The van der Waals surface area contributed by atoms with Crippen LogP contribution in [0.4, 0.5) is 5.69 Å². The highest BCUT2D eigenvalue weighted by Crippen LogP contribution is 2.39. The Morgan fingerprint density at radius 1 is 0.528 bits per heavy atom. The van der Waals surface area contributed by atoms with E-state index < -0.39 is 0 Å². The summed E-state index contributed by atoms with van der Waals surface area (Å²) in [6.07, 6.45) is 45.0. The van der Waals surface area contributed by atoms with Crippen molar-refractivity contribution < 1.29 is 13.7 Å². The van der Waals surface area contributed by atoms with Crippen LogP contribution in [-0.4, -0.2) is 6.54 Å². The van der Waals surface area contributed by atoms with E-state index in [1.165, 1.54) is 191 Å². The number of rotatable bonds is 32. The Morgan fingerprint density at radius 3 is 1.57 bits per heavy atom. The maximum Gasteiger partial charge on any atom is 0.374 e. The molecule has 0 fully saturated rings. The summed E-state index contributed by atoms with van der Waals surface area (Å²) in [6.45, 7) is 6.57. The highest BCUT2D eigenvalue weighted by Gasteiger charge is 2.25. The highest BCUT2D eigenvalue weighted by atomic mass is 16.5. The number of para-hydroxylation sites is 4. The second-order valence-electron chi connectivity index (χ2n) is 15.8. The molecule has 0 unspecified atom stereocenters. The second kappa shape index (κ2) is 27.6. The predicted octanol–water partition coefficient (Wildman–Crippen LogP) is 15.4. The third kappa shape index (κ3) is 16.5. The minimum absolute atomic E-state index is 0.909. The van der Waals surface area contributed by atoms with Gasteiger partial charge in [0, 0.05) is 19.0 Å². The smallest absolute Gasteiger partial charge is 0.374 e. The summed E-state index contributed by atoms with van der Waals surface area (Å²) in [5.41, 5.74) is 3.31. The number of benzene rings is 2. The number of allylic oxidation sites excluding steroid dienone is 2. The first-order valence-electron chi connectivity index (χ1n) is 22.7. The molecule has 1 aromatic heterocycles. The standard InChI is InChI=1S/C49H77N2O2/c1-3-5-7-9-11-13-15-17-19-21-23-25-27-33-42-50-44-36-29-31-38-46(44)52-48(50)40-35-41-49-51(45-37-30-32-39-47(45)53-49)43-34-28-26-24-22-20-18-16-14-12-10-8-6-4-2/h29-32,35-41H,3-28,33-34,42-43H2,1-2H3/q+1. The number of hydrogen-bond donors (Lipinski definition) is 0. The number of fused-ring (bicyclic) bond motifs is 2. The highest BCUT2D eigenvalue weighted by molar-refractivity contribution is 5.70. The number of aryl methyl sites for hydroxylation is 1. The molecule has 0 spiro atoms. The fourth-order valence-corrected chi connectivity index (χ4v) is 7.96. The molecule has 2 heterocycles. The number of aromatic nitrogens is 1. The lowest BCUT2D eigenvalue weighted by molar-refractivity contribution is -0.678. The van der Waals surface area contributed by atoms with Gasteiger partial charge in [-0.2, -0.15) is 4.57 Å². The average molecular weight is 726 g/mol. The number of anilines is 1. The zero-order valence-corrected chi connectivity index (χ0v) is 34.3. The minimum atomic E-state index is 0.909. The molecule has 1 aliphatic rings. The monoisotopic (exact) mass is 726 g/mol. The van der Waals surface area contributed by atoms with E-state index in [1.54, 1.807) is 0 Å². The molecule has 53 heavy (non-hydrogen) atoms. The molecule has 0 atom stereocenters. The van der Waals surface area contributed by atoms with Gasteiger partial charge < -0.3 is 14.1 Å². The first-order valence-corrected chi connectivity index (χ1v) is 22.7. The summed E-state index contributed by atoms with van der Waals surface area (Å²) in [6, 6.07) is 16.9. The summed E-state index contributed by atoms with van der Waals surface area (Å²) in [5.74, 6) is 2.77. The van der Waals surface area contributed by atoms with Gasteiger partial charge in [-0.1, -0.05) is 199 Å². The van der Waals surface area contributed by atoms with E-state index in [9.17, 15) is 0 Å². The lowest BCUT2D eigenvalue weighted by atomic mass is 10.0. The lowest BCUT2D eigenvalue weighted by Gasteiger charge is -2.18. The number of oxazole rings is 1. The SMILES string of the molecule is CCCCCCCCCCCCCCCCN1/C(=C/C=C/c2oc3ccccc3[n+]2CCCCCCCCCCCCCCCC)Oc2ccccc21. The second-order valence-corrected chi connectivity index (χ2v) is 15.8. The van der Waals surface area contributed by atoms with Crippen molar-refractivity contribution in [1.29, 1.82) is 0 Å². The van der Waals surface area contributed by atoms with Crippen LogP contribution in [0, 0.1) is 0 Å². The van der Waals surface area contributed by atoms with Crippen molar-refractivity contribution in [2.24, 2.45) is 0 Å². The van der Waals surface area contributed by atoms with Gasteiger partial charge in [0.1, 0.15) is 0 Å². The molecule has 0 saturated carbocycles. The molecular weight excluding hydrogens is 649 g/mol.